The minimum Gasteiger partial charge on any atom is -0.491 e. The molecule has 0 bridgehead atoms. The molecule has 1 aromatic carbocycles. The van der Waals surface area contributed by atoms with Crippen LogP contribution in [0.25, 0.3) is 0 Å². The lowest BCUT2D eigenvalue weighted by Crippen LogP contribution is -2.24. The normalized spacial score (nSPS) is 21.2. The summed E-state index contributed by atoms with van der Waals surface area (Å²) in [5.41, 5.74) is 0. The molecular formula is C19H26F2OSi. The van der Waals surface area contributed by atoms with E-state index in [1.54, 1.807) is 19.1 Å². The molecule has 23 heavy (non-hydrogen) atoms. The molecule has 2 radical (unpaired) electrons. The SMILES string of the molecule is C=CCCC1CCC(C[Si]c2ccc(OCC)c(F)c2F)CC1. The first-order valence-corrected chi connectivity index (χ1v) is 9.82. The number of rotatable bonds is 8. The summed E-state index contributed by atoms with van der Waals surface area (Å²) >= 11 is 0. The molecule has 0 spiro atoms. The van der Waals surface area contributed by atoms with E-state index in [4.69, 9.17) is 4.74 Å². The summed E-state index contributed by atoms with van der Waals surface area (Å²) < 4.78 is 33.1. The Morgan fingerprint density at radius 1 is 1.17 bits per heavy atom. The summed E-state index contributed by atoms with van der Waals surface area (Å²) in [7, 11) is 0.335. The summed E-state index contributed by atoms with van der Waals surface area (Å²) in [6.07, 6.45) is 9.32. The maximum atomic E-state index is 14.1. The Morgan fingerprint density at radius 2 is 1.87 bits per heavy atom. The van der Waals surface area contributed by atoms with Crippen LogP contribution in [0.15, 0.2) is 24.8 Å². The van der Waals surface area contributed by atoms with E-state index in [0.29, 0.717) is 27.2 Å². The zero-order valence-electron chi connectivity index (χ0n) is 13.9. The van der Waals surface area contributed by atoms with Gasteiger partial charge in [-0.2, -0.15) is 4.39 Å². The lowest BCUT2D eigenvalue weighted by Gasteiger charge is -2.28. The van der Waals surface area contributed by atoms with Crippen molar-refractivity contribution in [2.75, 3.05) is 6.61 Å². The molecule has 0 aliphatic heterocycles. The standard InChI is InChI=1S/C19H26F2OSi/c1-3-5-6-14-7-9-15(10-8-14)13-23-17-12-11-16(22-4-2)18(20)19(17)21/h3,11-12,14-15H,1,4-10,13H2,2H3. The average Bonchev–Trinajstić information content (AvgIpc) is 2.57. The third-order valence-electron chi connectivity index (χ3n) is 4.67. The zero-order valence-corrected chi connectivity index (χ0v) is 14.9. The molecule has 0 N–H and O–H groups in total. The number of hydrogen-bond donors (Lipinski definition) is 0. The van der Waals surface area contributed by atoms with Crippen LogP contribution < -0.4 is 9.92 Å². The molecule has 0 aromatic heterocycles. The van der Waals surface area contributed by atoms with Gasteiger partial charge in [0, 0.05) is 0 Å². The minimum absolute atomic E-state index is 0.0151. The van der Waals surface area contributed by atoms with Crippen LogP contribution in [0.1, 0.15) is 45.4 Å². The maximum absolute atomic E-state index is 14.1. The fraction of sp³-hybridized carbons (Fsp3) is 0.579. The van der Waals surface area contributed by atoms with Crippen LogP contribution in [-0.4, -0.2) is 16.1 Å². The van der Waals surface area contributed by atoms with Gasteiger partial charge in [0.1, 0.15) is 0 Å². The first kappa shape index (κ1) is 18.2. The van der Waals surface area contributed by atoms with Gasteiger partial charge in [0.25, 0.3) is 0 Å². The summed E-state index contributed by atoms with van der Waals surface area (Å²) in [5.74, 6) is -0.0743. The minimum atomic E-state index is -0.843. The Morgan fingerprint density at radius 3 is 2.52 bits per heavy atom. The van der Waals surface area contributed by atoms with Crippen LogP contribution in [0.2, 0.25) is 6.04 Å². The highest BCUT2D eigenvalue weighted by Gasteiger charge is 2.22. The van der Waals surface area contributed by atoms with Crippen LogP contribution in [0.5, 0.6) is 5.75 Å². The van der Waals surface area contributed by atoms with Crippen LogP contribution in [-0.2, 0) is 0 Å². The second-order valence-electron chi connectivity index (χ2n) is 6.31. The summed E-state index contributed by atoms with van der Waals surface area (Å²) in [5, 5.41) is 0.500. The van der Waals surface area contributed by atoms with Crippen LogP contribution in [0.4, 0.5) is 8.78 Å². The second-order valence-corrected chi connectivity index (χ2v) is 7.61. The van der Waals surface area contributed by atoms with E-state index in [0.717, 1.165) is 18.4 Å². The molecule has 0 amide bonds. The van der Waals surface area contributed by atoms with E-state index < -0.39 is 11.6 Å². The first-order chi connectivity index (χ1) is 11.2. The molecule has 0 heterocycles. The van der Waals surface area contributed by atoms with Gasteiger partial charge < -0.3 is 4.74 Å². The van der Waals surface area contributed by atoms with E-state index in [9.17, 15) is 8.78 Å². The number of allylic oxidation sites excluding steroid dienone is 1. The van der Waals surface area contributed by atoms with E-state index in [1.165, 1.54) is 32.1 Å². The molecule has 2 rings (SSSR count). The summed E-state index contributed by atoms with van der Waals surface area (Å²) in [6, 6.07) is 4.20. The van der Waals surface area contributed by atoms with Gasteiger partial charge in [-0.1, -0.05) is 43.9 Å². The van der Waals surface area contributed by atoms with Gasteiger partial charge in [0.15, 0.2) is 17.4 Å². The fourth-order valence-corrected chi connectivity index (χ4v) is 4.65. The van der Waals surface area contributed by atoms with Crippen molar-refractivity contribution in [3.05, 3.63) is 36.4 Å². The Kier molecular flexibility index (Phi) is 7.28. The monoisotopic (exact) mass is 336 g/mol. The molecule has 0 unspecified atom stereocenters. The van der Waals surface area contributed by atoms with Crippen molar-refractivity contribution >= 4 is 14.7 Å². The number of ether oxygens (including phenoxy) is 1. The van der Waals surface area contributed by atoms with Gasteiger partial charge in [-0.25, -0.2) is 4.39 Å². The Bertz CT molecular complexity index is 510. The highest BCUT2D eigenvalue weighted by molar-refractivity contribution is 6.53. The van der Waals surface area contributed by atoms with Crippen molar-refractivity contribution in [2.45, 2.75) is 51.5 Å². The lowest BCUT2D eigenvalue weighted by atomic mass is 9.81. The molecule has 0 saturated heterocycles. The quantitative estimate of drug-likeness (QED) is 0.485. The molecule has 1 aliphatic carbocycles. The lowest BCUT2D eigenvalue weighted by molar-refractivity contribution is 0.279. The molecule has 1 fully saturated rings. The predicted octanol–water partition coefficient (Wildman–Crippen LogP) is 4.88. The van der Waals surface area contributed by atoms with E-state index >= 15 is 0 Å². The topological polar surface area (TPSA) is 9.23 Å². The fourth-order valence-electron chi connectivity index (χ4n) is 3.27. The zero-order chi connectivity index (χ0) is 16.7. The van der Waals surface area contributed by atoms with Gasteiger partial charge in [-0.05, 0) is 42.9 Å². The van der Waals surface area contributed by atoms with E-state index in [1.807, 2.05) is 6.08 Å². The van der Waals surface area contributed by atoms with Gasteiger partial charge >= 0.3 is 0 Å². The molecule has 4 heteroatoms. The smallest absolute Gasteiger partial charge is 0.200 e. The van der Waals surface area contributed by atoms with Crippen molar-refractivity contribution < 1.29 is 13.5 Å². The molecular weight excluding hydrogens is 310 g/mol. The van der Waals surface area contributed by atoms with Crippen molar-refractivity contribution in [1.29, 1.82) is 0 Å². The third-order valence-corrected chi connectivity index (χ3v) is 6.22. The molecule has 126 valence electrons. The maximum Gasteiger partial charge on any atom is 0.200 e. The van der Waals surface area contributed by atoms with Crippen molar-refractivity contribution in [1.82, 2.24) is 0 Å². The highest BCUT2D eigenvalue weighted by Crippen LogP contribution is 2.33. The number of benzene rings is 1. The van der Waals surface area contributed by atoms with Gasteiger partial charge in [0.2, 0.25) is 0 Å². The average molecular weight is 336 g/mol. The Hall–Kier alpha value is -1.16. The van der Waals surface area contributed by atoms with E-state index in [-0.39, 0.29) is 5.75 Å². The summed E-state index contributed by atoms with van der Waals surface area (Å²) in [6.45, 7) is 5.88. The predicted molar refractivity (Wildman–Crippen MR) is 92.6 cm³/mol. The van der Waals surface area contributed by atoms with Crippen molar-refractivity contribution in [2.24, 2.45) is 11.8 Å². The Labute approximate surface area is 140 Å². The van der Waals surface area contributed by atoms with Gasteiger partial charge in [-0.15, -0.1) is 6.58 Å². The molecule has 1 nitrogen and oxygen atoms in total. The van der Waals surface area contributed by atoms with Crippen molar-refractivity contribution in [3.8, 4) is 5.75 Å². The summed E-state index contributed by atoms with van der Waals surface area (Å²) in [4.78, 5) is 0. The van der Waals surface area contributed by atoms with Crippen LogP contribution in [0, 0.1) is 23.5 Å². The van der Waals surface area contributed by atoms with E-state index in [2.05, 4.69) is 6.58 Å². The number of halogens is 2. The van der Waals surface area contributed by atoms with Gasteiger partial charge in [-0.3, -0.25) is 0 Å². The largest absolute Gasteiger partial charge is 0.491 e. The highest BCUT2D eigenvalue weighted by atomic mass is 28.2. The molecule has 0 atom stereocenters. The molecule has 1 saturated carbocycles. The molecule has 1 aliphatic rings. The number of hydrogen-bond acceptors (Lipinski definition) is 1. The third kappa shape index (κ3) is 5.16. The van der Waals surface area contributed by atoms with Crippen LogP contribution >= 0.6 is 0 Å². The second kappa shape index (κ2) is 9.21. The molecule has 1 aromatic rings. The van der Waals surface area contributed by atoms with Crippen molar-refractivity contribution in [3.63, 3.8) is 0 Å². The van der Waals surface area contributed by atoms with Gasteiger partial charge in [0.05, 0.1) is 16.1 Å². The first-order valence-electron chi connectivity index (χ1n) is 8.61. The Balaban J connectivity index is 1.83. The van der Waals surface area contributed by atoms with Crippen LogP contribution in [0.3, 0.4) is 0 Å².